The molecule has 0 saturated carbocycles. The van der Waals surface area contributed by atoms with Crippen LogP contribution in [0.4, 0.5) is 5.00 Å². The van der Waals surface area contributed by atoms with Crippen LogP contribution in [-0.4, -0.2) is 23.5 Å². The van der Waals surface area contributed by atoms with Crippen molar-refractivity contribution in [2.75, 3.05) is 19.5 Å². The number of rotatable bonds is 2. The Balaban J connectivity index is 2.46. The number of anilines is 1. The van der Waals surface area contributed by atoms with Crippen LogP contribution < -0.4 is 5.43 Å². The predicted octanol–water partition coefficient (Wildman–Crippen LogP) is 2.18. The number of fused-ring (bicyclic) bond motifs is 1. The van der Waals surface area contributed by atoms with Crippen LogP contribution in [0.3, 0.4) is 0 Å². The van der Waals surface area contributed by atoms with Gasteiger partial charge in [0.25, 0.3) is 0 Å². The standard InChI is InChI=1S/C9H11N3S/c1-12(2)10-9-7-5-3-4-6-8(7)11-13-9/h3-6,10H,1-2H3. The van der Waals surface area contributed by atoms with Crippen LogP contribution >= 0.6 is 11.5 Å². The summed E-state index contributed by atoms with van der Waals surface area (Å²) >= 11 is 1.49. The quantitative estimate of drug-likeness (QED) is 0.741. The molecule has 1 aromatic carbocycles. The molecule has 0 aliphatic carbocycles. The fourth-order valence-electron chi connectivity index (χ4n) is 1.17. The highest BCUT2D eigenvalue weighted by Gasteiger charge is 2.04. The Labute approximate surface area is 81.1 Å². The average Bonchev–Trinajstić information content (AvgIpc) is 2.48. The molecule has 0 bridgehead atoms. The molecule has 0 amide bonds. The zero-order valence-corrected chi connectivity index (χ0v) is 8.43. The Morgan fingerprint density at radius 1 is 1.31 bits per heavy atom. The maximum Gasteiger partial charge on any atom is 0.131 e. The summed E-state index contributed by atoms with van der Waals surface area (Å²) in [4.78, 5) is 0. The lowest BCUT2D eigenvalue weighted by Crippen LogP contribution is -2.18. The van der Waals surface area contributed by atoms with Gasteiger partial charge in [0.1, 0.15) is 5.00 Å². The Morgan fingerprint density at radius 2 is 2.08 bits per heavy atom. The third kappa shape index (κ3) is 1.64. The topological polar surface area (TPSA) is 28.2 Å². The summed E-state index contributed by atoms with van der Waals surface area (Å²) in [6.45, 7) is 0. The molecule has 1 N–H and O–H groups in total. The van der Waals surface area contributed by atoms with Gasteiger partial charge < -0.3 is 5.43 Å². The molecule has 68 valence electrons. The van der Waals surface area contributed by atoms with Crippen LogP contribution in [0.15, 0.2) is 24.3 Å². The first-order valence-electron chi connectivity index (χ1n) is 4.06. The summed E-state index contributed by atoms with van der Waals surface area (Å²) in [6, 6.07) is 8.12. The minimum absolute atomic E-state index is 1.05. The molecule has 0 saturated heterocycles. The Hall–Kier alpha value is -1.13. The molecule has 4 heteroatoms. The van der Waals surface area contributed by atoms with Crippen molar-refractivity contribution in [1.82, 2.24) is 9.38 Å². The molecule has 13 heavy (non-hydrogen) atoms. The molecule has 1 heterocycles. The van der Waals surface area contributed by atoms with E-state index in [1.165, 1.54) is 16.9 Å². The molecular weight excluding hydrogens is 182 g/mol. The minimum atomic E-state index is 1.05. The third-order valence-electron chi connectivity index (χ3n) is 1.71. The molecule has 1 aromatic heterocycles. The normalized spacial score (nSPS) is 11.0. The Kier molecular flexibility index (Phi) is 2.16. The molecule has 0 aliphatic rings. The first-order chi connectivity index (χ1) is 6.27. The van der Waals surface area contributed by atoms with Crippen molar-refractivity contribution in [2.45, 2.75) is 0 Å². The van der Waals surface area contributed by atoms with E-state index in [9.17, 15) is 0 Å². The first kappa shape index (κ1) is 8.47. The number of hydrazine groups is 1. The van der Waals surface area contributed by atoms with E-state index in [4.69, 9.17) is 0 Å². The van der Waals surface area contributed by atoms with E-state index in [-0.39, 0.29) is 0 Å². The zero-order valence-electron chi connectivity index (χ0n) is 7.61. The zero-order chi connectivity index (χ0) is 9.26. The van der Waals surface area contributed by atoms with Crippen LogP contribution in [0, 0.1) is 0 Å². The van der Waals surface area contributed by atoms with Crippen LogP contribution in [0.25, 0.3) is 10.9 Å². The van der Waals surface area contributed by atoms with Gasteiger partial charge in [-0.1, -0.05) is 12.1 Å². The van der Waals surface area contributed by atoms with Crippen molar-refractivity contribution >= 4 is 27.4 Å². The molecule has 0 radical (unpaired) electrons. The van der Waals surface area contributed by atoms with Gasteiger partial charge in [0, 0.05) is 19.5 Å². The minimum Gasteiger partial charge on any atom is -0.309 e. The Morgan fingerprint density at radius 3 is 2.85 bits per heavy atom. The molecule has 0 fully saturated rings. The number of aromatic nitrogens is 1. The van der Waals surface area contributed by atoms with Crippen LogP contribution in [0.2, 0.25) is 0 Å². The second-order valence-corrected chi connectivity index (χ2v) is 3.81. The molecule has 2 aromatic rings. The van der Waals surface area contributed by atoms with Crippen molar-refractivity contribution < 1.29 is 0 Å². The van der Waals surface area contributed by atoms with Gasteiger partial charge in [-0.25, -0.2) is 5.01 Å². The fraction of sp³-hybridized carbons (Fsp3) is 0.222. The molecule has 0 spiro atoms. The lowest BCUT2D eigenvalue weighted by Gasteiger charge is -2.10. The highest BCUT2D eigenvalue weighted by Crippen LogP contribution is 2.26. The van der Waals surface area contributed by atoms with E-state index in [2.05, 4.69) is 15.9 Å². The summed E-state index contributed by atoms with van der Waals surface area (Å²) in [7, 11) is 3.93. The summed E-state index contributed by atoms with van der Waals surface area (Å²) in [5.74, 6) is 0. The van der Waals surface area contributed by atoms with Gasteiger partial charge >= 0.3 is 0 Å². The largest absolute Gasteiger partial charge is 0.309 e. The summed E-state index contributed by atoms with van der Waals surface area (Å²) < 4.78 is 4.32. The monoisotopic (exact) mass is 193 g/mol. The molecule has 3 nitrogen and oxygen atoms in total. The summed E-state index contributed by atoms with van der Waals surface area (Å²) in [5.41, 5.74) is 4.27. The van der Waals surface area contributed by atoms with Gasteiger partial charge in [0.2, 0.25) is 0 Å². The van der Waals surface area contributed by atoms with Gasteiger partial charge in [0.15, 0.2) is 0 Å². The number of benzene rings is 1. The van der Waals surface area contributed by atoms with Gasteiger partial charge in [-0.3, -0.25) is 0 Å². The molecule has 2 rings (SSSR count). The van der Waals surface area contributed by atoms with E-state index in [0.717, 1.165) is 10.5 Å². The van der Waals surface area contributed by atoms with Crippen LogP contribution in [0.1, 0.15) is 0 Å². The van der Waals surface area contributed by atoms with Crippen molar-refractivity contribution in [1.29, 1.82) is 0 Å². The van der Waals surface area contributed by atoms with Gasteiger partial charge in [-0.2, -0.15) is 4.37 Å². The predicted molar refractivity (Wildman–Crippen MR) is 56.9 cm³/mol. The van der Waals surface area contributed by atoms with E-state index in [1.54, 1.807) is 0 Å². The number of nitrogens with one attached hydrogen (secondary N) is 1. The van der Waals surface area contributed by atoms with E-state index in [1.807, 2.05) is 37.3 Å². The van der Waals surface area contributed by atoms with Crippen LogP contribution in [0.5, 0.6) is 0 Å². The van der Waals surface area contributed by atoms with Crippen molar-refractivity contribution in [2.24, 2.45) is 0 Å². The van der Waals surface area contributed by atoms with E-state index >= 15 is 0 Å². The number of nitrogens with zero attached hydrogens (tertiary/aromatic N) is 2. The van der Waals surface area contributed by atoms with Crippen LogP contribution in [-0.2, 0) is 0 Å². The first-order valence-corrected chi connectivity index (χ1v) is 4.83. The van der Waals surface area contributed by atoms with E-state index < -0.39 is 0 Å². The lowest BCUT2D eigenvalue weighted by molar-refractivity contribution is 0.498. The highest BCUT2D eigenvalue weighted by molar-refractivity contribution is 7.11. The molecule has 0 unspecified atom stereocenters. The highest BCUT2D eigenvalue weighted by atomic mass is 32.1. The molecular formula is C9H11N3S. The second kappa shape index (κ2) is 3.32. The Bertz CT molecular complexity index is 408. The summed E-state index contributed by atoms with van der Waals surface area (Å²) in [6.07, 6.45) is 0. The van der Waals surface area contributed by atoms with Crippen molar-refractivity contribution in [3.8, 4) is 0 Å². The number of hydrogen-bond acceptors (Lipinski definition) is 4. The third-order valence-corrected chi connectivity index (χ3v) is 2.49. The maximum atomic E-state index is 4.32. The SMILES string of the molecule is CN(C)Nc1snc2ccccc12. The van der Waals surface area contributed by atoms with E-state index in [0.29, 0.717) is 0 Å². The lowest BCUT2D eigenvalue weighted by atomic mass is 10.2. The molecule has 0 aliphatic heterocycles. The second-order valence-electron chi connectivity index (χ2n) is 3.04. The maximum absolute atomic E-state index is 4.32. The summed E-state index contributed by atoms with van der Waals surface area (Å²) in [5, 5.41) is 4.20. The van der Waals surface area contributed by atoms with Crippen molar-refractivity contribution in [3.05, 3.63) is 24.3 Å². The fourth-order valence-corrected chi connectivity index (χ4v) is 2.02. The smallest absolute Gasteiger partial charge is 0.131 e. The number of hydrogen-bond donors (Lipinski definition) is 1. The average molecular weight is 193 g/mol. The van der Waals surface area contributed by atoms with Crippen molar-refractivity contribution in [3.63, 3.8) is 0 Å². The van der Waals surface area contributed by atoms with Gasteiger partial charge in [0.05, 0.1) is 5.52 Å². The van der Waals surface area contributed by atoms with Gasteiger partial charge in [-0.15, -0.1) is 0 Å². The van der Waals surface area contributed by atoms with Gasteiger partial charge in [-0.05, 0) is 23.7 Å². The molecule has 0 atom stereocenters.